The Morgan fingerprint density at radius 3 is 2.07 bits per heavy atom. The Hall–Kier alpha value is -2.89. The highest BCUT2D eigenvalue weighted by Crippen LogP contribution is 2.35. The number of nitrogens with zero attached hydrogens (tertiary/aromatic N) is 1. The minimum Gasteiger partial charge on any atom is -0.274 e. The largest absolute Gasteiger partial charge is 0.416 e. The molecule has 1 unspecified atom stereocenters. The lowest BCUT2D eigenvalue weighted by atomic mass is 9.84. The molecular weight excluding hydrogens is 379 g/mol. The molecule has 2 amide bonds. The quantitative estimate of drug-likeness (QED) is 0.630. The molecule has 150 valence electrons. The molecule has 0 spiro atoms. The summed E-state index contributed by atoms with van der Waals surface area (Å²) in [6, 6.07) is 12.1. The highest BCUT2D eigenvalue weighted by Gasteiger charge is 2.35. The van der Waals surface area contributed by atoms with Gasteiger partial charge < -0.3 is 0 Å². The molecule has 1 aliphatic carbocycles. The number of imide groups is 1. The van der Waals surface area contributed by atoms with Gasteiger partial charge in [-0.15, -0.1) is 0 Å². The lowest BCUT2D eigenvalue weighted by molar-refractivity contribution is -0.137. The van der Waals surface area contributed by atoms with Crippen LogP contribution >= 0.6 is 0 Å². The first-order valence-corrected chi connectivity index (χ1v) is 9.66. The molecule has 6 heteroatoms. The maximum Gasteiger partial charge on any atom is 0.416 e. The number of alkyl halides is 3. The Balaban J connectivity index is 1.35. The molecule has 2 aromatic rings. The van der Waals surface area contributed by atoms with Crippen LogP contribution in [-0.4, -0.2) is 23.3 Å². The molecule has 4 rings (SSSR count). The zero-order chi connectivity index (χ0) is 20.6. The molecule has 29 heavy (non-hydrogen) atoms. The van der Waals surface area contributed by atoms with E-state index in [1.807, 2.05) is 0 Å². The van der Waals surface area contributed by atoms with Gasteiger partial charge >= 0.3 is 6.18 Å². The number of amides is 2. The van der Waals surface area contributed by atoms with Crippen molar-refractivity contribution in [1.29, 1.82) is 0 Å². The fourth-order valence-electron chi connectivity index (χ4n) is 4.04. The van der Waals surface area contributed by atoms with E-state index in [0.717, 1.165) is 49.0 Å². The second-order valence-electron chi connectivity index (χ2n) is 7.54. The predicted molar refractivity (Wildman–Crippen MR) is 103 cm³/mol. The minimum atomic E-state index is -4.32. The number of benzene rings is 2. The van der Waals surface area contributed by atoms with Crippen LogP contribution in [0.2, 0.25) is 0 Å². The Morgan fingerprint density at radius 1 is 0.931 bits per heavy atom. The van der Waals surface area contributed by atoms with E-state index < -0.39 is 11.7 Å². The first-order chi connectivity index (χ1) is 13.8. The van der Waals surface area contributed by atoms with E-state index in [9.17, 15) is 22.8 Å². The van der Waals surface area contributed by atoms with Crippen molar-refractivity contribution in [1.82, 2.24) is 4.90 Å². The van der Waals surface area contributed by atoms with Crippen LogP contribution in [0.4, 0.5) is 13.2 Å². The topological polar surface area (TPSA) is 37.4 Å². The summed E-state index contributed by atoms with van der Waals surface area (Å²) < 4.78 is 38.1. The summed E-state index contributed by atoms with van der Waals surface area (Å²) in [5, 5.41) is 0. The zero-order valence-corrected chi connectivity index (χ0v) is 15.7. The molecular formula is C23H20F3NO2. The van der Waals surface area contributed by atoms with E-state index in [4.69, 9.17) is 0 Å². The number of carbonyl (C=O) groups is 2. The van der Waals surface area contributed by atoms with Crippen molar-refractivity contribution in [2.75, 3.05) is 6.54 Å². The van der Waals surface area contributed by atoms with Crippen molar-refractivity contribution < 1.29 is 22.8 Å². The number of fused-ring (bicyclic) bond motifs is 1. The van der Waals surface area contributed by atoms with E-state index in [1.54, 1.807) is 24.3 Å². The third-order valence-corrected chi connectivity index (χ3v) is 5.74. The second kappa shape index (κ2) is 7.50. The molecule has 0 fully saturated rings. The normalized spacial score (nSPS) is 19.3. The van der Waals surface area contributed by atoms with Crippen LogP contribution in [0.1, 0.15) is 57.5 Å². The van der Waals surface area contributed by atoms with Crippen LogP contribution in [0.5, 0.6) is 0 Å². The van der Waals surface area contributed by atoms with Crippen LogP contribution in [0.3, 0.4) is 0 Å². The van der Waals surface area contributed by atoms with E-state index >= 15 is 0 Å². The Morgan fingerprint density at radius 2 is 1.55 bits per heavy atom. The molecule has 2 aliphatic rings. The molecule has 2 aromatic carbocycles. The van der Waals surface area contributed by atoms with Gasteiger partial charge in [-0.05, 0) is 67.0 Å². The predicted octanol–water partition coefficient (Wildman–Crippen LogP) is 5.58. The molecule has 1 atom stereocenters. The molecule has 1 aliphatic heterocycles. The van der Waals surface area contributed by atoms with Gasteiger partial charge in [0.15, 0.2) is 0 Å². The fraction of sp³-hybridized carbons (Fsp3) is 0.304. The monoisotopic (exact) mass is 399 g/mol. The van der Waals surface area contributed by atoms with Crippen LogP contribution < -0.4 is 0 Å². The Labute approximate surface area is 166 Å². The first-order valence-electron chi connectivity index (χ1n) is 9.66. The molecule has 0 N–H and O–H groups in total. The van der Waals surface area contributed by atoms with E-state index in [2.05, 4.69) is 6.08 Å². The van der Waals surface area contributed by atoms with Crippen LogP contribution in [0, 0.1) is 5.92 Å². The summed E-state index contributed by atoms with van der Waals surface area (Å²) >= 11 is 0. The number of carbonyl (C=O) groups excluding carboxylic acids is 2. The smallest absolute Gasteiger partial charge is 0.274 e. The molecule has 3 nitrogen and oxygen atoms in total. The summed E-state index contributed by atoms with van der Waals surface area (Å²) in [4.78, 5) is 26.2. The average molecular weight is 399 g/mol. The number of hydrogen-bond donors (Lipinski definition) is 0. The van der Waals surface area contributed by atoms with E-state index in [-0.39, 0.29) is 11.8 Å². The molecule has 0 saturated carbocycles. The lowest BCUT2D eigenvalue weighted by Gasteiger charge is -2.24. The molecule has 0 radical (unpaired) electrons. The van der Waals surface area contributed by atoms with Gasteiger partial charge in [0.25, 0.3) is 11.8 Å². The number of allylic oxidation sites excluding steroid dienone is 2. The van der Waals surface area contributed by atoms with Gasteiger partial charge in [0.2, 0.25) is 0 Å². The Bertz CT molecular complexity index is 941. The average Bonchev–Trinajstić information content (AvgIpc) is 2.97. The SMILES string of the molecule is O=C1c2ccccc2C(=O)N1CCC1CC=C(c2ccc(C(F)(F)F)cc2)CC1. The van der Waals surface area contributed by atoms with Gasteiger partial charge in [-0.25, -0.2) is 0 Å². The lowest BCUT2D eigenvalue weighted by Crippen LogP contribution is -2.32. The standard InChI is InChI=1S/C23H20F3NO2/c24-23(25,26)18-11-9-17(10-12-18)16-7-5-15(6-8-16)13-14-27-21(28)19-3-1-2-4-20(19)22(27)29/h1-4,7,9-12,15H,5-6,8,13-14H2. The summed E-state index contributed by atoms with van der Waals surface area (Å²) in [7, 11) is 0. The van der Waals surface area contributed by atoms with Crippen LogP contribution in [0.15, 0.2) is 54.6 Å². The summed E-state index contributed by atoms with van der Waals surface area (Å²) in [5.41, 5.74) is 2.15. The maximum absolute atomic E-state index is 12.7. The van der Waals surface area contributed by atoms with Gasteiger partial charge in [-0.2, -0.15) is 13.2 Å². The summed E-state index contributed by atoms with van der Waals surface area (Å²) in [5.74, 6) is -0.123. The summed E-state index contributed by atoms with van der Waals surface area (Å²) in [6.07, 6.45) is 0.920. The van der Waals surface area contributed by atoms with Gasteiger partial charge in [0, 0.05) is 6.54 Å². The van der Waals surface area contributed by atoms with Gasteiger partial charge in [-0.3, -0.25) is 14.5 Å². The molecule has 0 bridgehead atoms. The zero-order valence-electron chi connectivity index (χ0n) is 15.7. The highest BCUT2D eigenvalue weighted by molar-refractivity contribution is 6.21. The molecule has 0 aromatic heterocycles. The van der Waals surface area contributed by atoms with Gasteiger partial charge in [0.05, 0.1) is 16.7 Å². The molecule has 0 saturated heterocycles. The first kappa shape index (κ1) is 19.4. The second-order valence-corrected chi connectivity index (χ2v) is 7.54. The number of rotatable bonds is 4. The van der Waals surface area contributed by atoms with Crippen molar-refractivity contribution in [2.24, 2.45) is 5.92 Å². The number of halogens is 3. The maximum atomic E-state index is 12.7. The van der Waals surface area contributed by atoms with Crippen LogP contribution in [-0.2, 0) is 6.18 Å². The van der Waals surface area contributed by atoms with Crippen molar-refractivity contribution in [3.8, 4) is 0 Å². The molecule has 1 heterocycles. The third-order valence-electron chi connectivity index (χ3n) is 5.74. The fourth-order valence-corrected chi connectivity index (χ4v) is 4.04. The third kappa shape index (κ3) is 3.84. The van der Waals surface area contributed by atoms with Crippen molar-refractivity contribution in [2.45, 2.75) is 31.9 Å². The number of hydrogen-bond acceptors (Lipinski definition) is 2. The summed E-state index contributed by atoms with van der Waals surface area (Å²) in [6.45, 7) is 0.389. The van der Waals surface area contributed by atoms with Crippen LogP contribution in [0.25, 0.3) is 5.57 Å². The van der Waals surface area contributed by atoms with E-state index in [1.165, 1.54) is 17.0 Å². The van der Waals surface area contributed by atoms with Gasteiger partial charge in [-0.1, -0.05) is 30.3 Å². The Kier molecular flexibility index (Phi) is 5.03. The van der Waals surface area contributed by atoms with Gasteiger partial charge in [0.1, 0.15) is 0 Å². The minimum absolute atomic E-state index is 0.234. The highest BCUT2D eigenvalue weighted by atomic mass is 19.4. The van der Waals surface area contributed by atoms with Crippen molar-refractivity contribution in [3.05, 3.63) is 76.9 Å². The van der Waals surface area contributed by atoms with E-state index in [0.29, 0.717) is 23.6 Å². The van der Waals surface area contributed by atoms with Crippen molar-refractivity contribution >= 4 is 17.4 Å². The van der Waals surface area contributed by atoms with Crippen molar-refractivity contribution in [3.63, 3.8) is 0 Å².